The van der Waals surface area contributed by atoms with Crippen molar-refractivity contribution in [1.82, 2.24) is 0 Å². The van der Waals surface area contributed by atoms with Gasteiger partial charge in [0.15, 0.2) is 0 Å². The Morgan fingerprint density at radius 1 is 1.20 bits per heavy atom. The molecule has 0 N–H and O–H groups in total. The molecular formula is C24H31NO5. The first-order valence-electron chi connectivity index (χ1n) is 10.4. The predicted octanol–water partition coefficient (Wildman–Crippen LogP) is 4.22. The third-order valence-corrected chi connectivity index (χ3v) is 5.82. The van der Waals surface area contributed by atoms with Crippen molar-refractivity contribution >= 4 is 17.5 Å². The van der Waals surface area contributed by atoms with Gasteiger partial charge in [-0.2, -0.15) is 0 Å². The molecule has 2 aliphatic rings. The molecule has 1 aromatic carbocycles. The van der Waals surface area contributed by atoms with E-state index in [1.807, 2.05) is 25.1 Å². The molecule has 6 heteroatoms. The van der Waals surface area contributed by atoms with Crippen molar-refractivity contribution in [3.63, 3.8) is 0 Å². The second kappa shape index (κ2) is 8.72. The van der Waals surface area contributed by atoms with Crippen molar-refractivity contribution in [3.8, 4) is 5.75 Å². The molecule has 0 amide bonds. The van der Waals surface area contributed by atoms with Crippen LogP contribution in [-0.2, 0) is 25.7 Å². The summed E-state index contributed by atoms with van der Waals surface area (Å²) in [6.45, 7) is 8.41. The van der Waals surface area contributed by atoms with Gasteiger partial charge in [-0.05, 0) is 43.4 Å². The fraction of sp³-hybridized carbons (Fsp3) is 0.542. The van der Waals surface area contributed by atoms with Crippen molar-refractivity contribution in [2.24, 2.45) is 16.3 Å². The third kappa shape index (κ3) is 4.19. The molecule has 6 nitrogen and oxygen atoms in total. The number of benzene rings is 1. The Kier molecular flexibility index (Phi) is 6.46. The summed E-state index contributed by atoms with van der Waals surface area (Å²) in [5, 5.41) is 0. The Morgan fingerprint density at radius 2 is 1.93 bits per heavy atom. The van der Waals surface area contributed by atoms with Crippen LogP contribution in [0.5, 0.6) is 5.75 Å². The van der Waals surface area contributed by atoms with Gasteiger partial charge in [-0.1, -0.05) is 19.9 Å². The second-order valence-electron chi connectivity index (χ2n) is 8.77. The maximum Gasteiger partial charge on any atom is 0.336 e. The SMILES string of the molecule is CCOC(=O)C1=C(C)N=C2CC(C)(C)CC(=O)[C@H]2[C@H]1c1ccc(OC)c(COC)c1. The number of allylic oxidation sites excluding steroid dienone is 1. The molecule has 1 aliphatic carbocycles. The number of nitrogens with zero attached hydrogens (tertiary/aromatic N) is 1. The molecule has 1 saturated carbocycles. The van der Waals surface area contributed by atoms with Gasteiger partial charge in [-0.25, -0.2) is 4.79 Å². The van der Waals surface area contributed by atoms with Crippen molar-refractivity contribution in [3.05, 3.63) is 40.6 Å². The highest BCUT2D eigenvalue weighted by atomic mass is 16.5. The first-order valence-corrected chi connectivity index (χ1v) is 10.4. The molecule has 1 heterocycles. The number of ketones is 1. The lowest BCUT2D eigenvalue weighted by Gasteiger charge is -2.41. The number of Topliss-reactive ketones (excluding diaryl/α,β-unsaturated/α-hetero) is 1. The van der Waals surface area contributed by atoms with E-state index in [1.165, 1.54) is 0 Å². The van der Waals surface area contributed by atoms with Crippen molar-refractivity contribution in [2.75, 3.05) is 20.8 Å². The van der Waals surface area contributed by atoms with Crippen LogP contribution in [0.4, 0.5) is 0 Å². The fourth-order valence-corrected chi connectivity index (χ4v) is 4.69. The van der Waals surface area contributed by atoms with Gasteiger partial charge in [-0.15, -0.1) is 0 Å². The number of carbonyl (C=O) groups excluding carboxylic acids is 2. The monoisotopic (exact) mass is 413 g/mol. The minimum Gasteiger partial charge on any atom is -0.496 e. The lowest BCUT2D eigenvalue weighted by Crippen LogP contribution is -2.44. The first kappa shape index (κ1) is 22.2. The molecule has 1 aliphatic heterocycles. The summed E-state index contributed by atoms with van der Waals surface area (Å²) < 4.78 is 16.1. The Hall–Kier alpha value is -2.47. The van der Waals surface area contributed by atoms with E-state index in [-0.39, 0.29) is 17.8 Å². The lowest BCUT2D eigenvalue weighted by molar-refractivity contribution is -0.139. The summed E-state index contributed by atoms with van der Waals surface area (Å²) in [7, 11) is 3.23. The van der Waals surface area contributed by atoms with Gasteiger partial charge in [0.2, 0.25) is 0 Å². The first-order chi connectivity index (χ1) is 14.2. The number of hydrogen-bond donors (Lipinski definition) is 0. The van der Waals surface area contributed by atoms with E-state index in [2.05, 4.69) is 13.8 Å². The zero-order valence-electron chi connectivity index (χ0n) is 18.7. The molecule has 0 spiro atoms. The Labute approximate surface area is 178 Å². The fourth-order valence-electron chi connectivity index (χ4n) is 4.69. The summed E-state index contributed by atoms with van der Waals surface area (Å²) in [6, 6.07) is 5.76. The van der Waals surface area contributed by atoms with Crippen molar-refractivity contribution < 1.29 is 23.8 Å². The molecule has 1 aromatic rings. The molecule has 0 saturated heterocycles. The number of carbonyl (C=O) groups is 2. The largest absolute Gasteiger partial charge is 0.496 e. The van der Waals surface area contributed by atoms with Gasteiger partial charge in [0.25, 0.3) is 0 Å². The number of ether oxygens (including phenoxy) is 3. The maximum absolute atomic E-state index is 13.3. The Bertz CT molecular complexity index is 912. The van der Waals surface area contributed by atoms with Gasteiger partial charge in [-0.3, -0.25) is 9.79 Å². The topological polar surface area (TPSA) is 74.2 Å². The van der Waals surface area contributed by atoms with Crippen LogP contribution >= 0.6 is 0 Å². The number of esters is 1. The van der Waals surface area contributed by atoms with Crippen LogP contribution in [0.1, 0.15) is 57.6 Å². The number of rotatable bonds is 6. The van der Waals surface area contributed by atoms with E-state index < -0.39 is 17.8 Å². The highest BCUT2D eigenvalue weighted by Crippen LogP contribution is 2.47. The molecule has 0 aromatic heterocycles. The van der Waals surface area contributed by atoms with Gasteiger partial charge >= 0.3 is 5.97 Å². The summed E-state index contributed by atoms with van der Waals surface area (Å²) in [5.41, 5.74) is 3.55. The highest BCUT2D eigenvalue weighted by molar-refractivity contribution is 6.12. The zero-order valence-corrected chi connectivity index (χ0v) is 18.7. The number of aliphatic imine (C=N–C) groups is 1. The van der Waals surface area contributed by atoms with Gasteiger partial charge in [0.1, 0.15) is 11.5 Å². The van der Waals surface area contributed by atoms with Crippen LogP contribution in [0.15, 0.2) is 34.5 Å². The summed E-state index contributed by atoms with van der Waals surface area (Å²) >= 11 is 0. The van der Waals surface area contributed by atoms with Gasteiger partial charge in [0.05, 0.1) is 31.8 Å². The average Bonchev–Trinajstić information content (AvgIpc) is 2.66. The smallest absolute Gasteiger partial charge is 0.336 e. The van der Waals surface area contributed by atoms with Crippen LogP contribution < -0.4 is 4.74 Å². The molecular weight excluding hydrogens is 382 g/mol. The molecule has 0 bridgehead atoms. The van der Waals surface area contributed by atoms with Crippen LogP contribution in [0.3, 0.4) is 0 Å². The van der Waals surface area contributed by atoms with Crippen LogP contribution in [0.2, 0.25) is 0 Å². The zero-order chi connectivity index (χ0) is 22.1. The minimum atomic E-state index is -0.454. The number of methoxy groups -OCH3 is 2. The summed E-state index contributed by atoms with van der Waals surface area (Å²) in [5.74, 6) is -0.468. The molecule has 2 atom stereocenters. The van der Waals surface area contributed by atoms with Crippen molar-refractivity contribution in [2.45, 2.75) is 53.1 Å². The Balaban J connectivity index is 2.18. The summed E-state index contributed by atoms with van der Waals surface area (Å²) in [4.78, 5) is 30.9. The molecule has 1 fully saturated rings. The normalized spacial score (nSPS) is 23.0. The molecule has 0 unspecified atom stereocenters. The highest BCUT2D eigenvalue weighted by Gasteiger charge is 2.47. The quantitative estimate of drug-likeness (QED) is 0.653. The molecule has 3 rings (SSSR count). The maximum atomic E-state index is 13.3. The number of hydrogen-bond acceptors (Lipinski definition) is 6. The van der Waals surface area contributed by atoms with E-state index in [0.717, 1.165) is 23.3 Å². The molecule has 30 heavy (non-hydrogen) atoms. The van der Waals surface area contributed by atoms with Crippen molar-refractivity contribution in [1.29, 1.82) is 0 Å². The standard InChI is InChI=1S/C24H31NO5/c1-7-30-23(27)20-14(2)25-17-11-24(3,4)12-18(26)22(17)21(20)15-8-9-19(29-6)16(10-15)13-28-5/h8-10,21-22H,7,11-13H2,1-6H3/t21-,22-/m0/s1. The van der Waals surface area contributed by atoms with E-state index in [1.54, 1.807) is 21.1 Å². The van der Waals surface area contributed by atoms with E-state index in [9.17, 15) is 9.59 Å². The predicted molar refractivity (Wildman–Crippen MR) is 115 cm³/mol. The summed E-state index contributed by atoms with van der Waals surface area (Å²) in [6.07, 6.45) is 1.19. The average molecular weight is 414 g/mol. The van der Waals surface area contributed by atoms with Crippen LogP contribution in [0, 0.1) is 11.3 Å². The van der Waals surface area contributed by atoms with Gasteiger partial charge in [0, 0.05) is 36.4 Å². The second-order valence-corrected chi connectivity index (χ2v) is 8.77. The minimum absolute atomic E-state index is 0.119. The van der Waals surface area contributed by atoms with Gasteiger partial charge < -0.3 is 14.2 Å². The van der Waals surface area contributed by atoms with E-state index in [0.29, 0.717) is 30.0 Å². The molecule has 0 radical (unpaired) electrons. The number of fused-ring (bicyclic) bond motifs is 1. The molecule has 162 valence electrons. The van der Waals surface area contributed by atoms with E-state index >= 15 is 0 Å². The van der Waals surface area contributed by atoms with Crippen LogP contribution in [0.25, 0.3) is 0 Å². The lowest BCUT2D eigenvalue weighted by atomic mass is 9.63. The Morgan fingerprint density at radius 3 is 2.57 bits per heavy atom. The van der Waals surface area contributed by atoms with E-state index in [4.69, 9.17) is 19.2 Å². The third-order valence-electron chi connectivity index (χ3n) is 5.82. The van der Waals surface area contributed by atoms with Crippen LogP contribution in [-0.4, -0.2) is 38.3 Å².